The number of methoxy groups -OCH3 is 1. The number of halogens is 3. The Morgan fingerprint density at radius 2 is 2.08 bits per heavy atom. The molecule has 1 aromatic heterocycles. The van der Waals surface area contributed by atoms with Gasteiger partial charge in [-0.25, -0.2) is 5.10 Å². The smallest absolute Gasteiger partial charge is 0.425 e. The summed E-state index contributed by atoms with van der Waals surface area (Å²) in [5.41, 5.74) is -2.78. The number of nitrogens with zero attached hydrogens (tertiary/aromatic N) is 1. The van der Waals surface area contributed by atoms with Crippen LogP contribution in [0.15, 0.2) is 11.0 Å². The molecular weight excluding hydrogens is 333 g/mol. The lowest BCUT2D eigenvalue weighted by Crippen LogP contribution is -2.32. The zero-order valence-electron chi connectivity index (χ0n) is 12.9. The summed E-state index contributed by atoms with van der Waals surface area (Å²) in [5, 5.41) is 5.11. The van der Waals surface area contributed by atoms with Crippen molar-refractivity contribution < 1.29 is 32.2 Å². The third kappa shape index (κ3) is 4.47. The highest BCUT2D eigenvalue weighted by Crippen LogP contribution is 2.35. The molecule has 1 N–H and O–H groups in total. The van der Waals surface area contributed by atoms with Gasteiger partial charge in [0.25, 0.3) is 5.56 Å². The van der Waals surface area contributed by atoms with Crippen molar-refractivity contribution in [3.8, 4) is 5.75 Å². The van der Waals surface area contributed by atoms with Gasteiger partial charge in [0.2, 0.25) is 0 Å². The fourth-order valence-electron chi connectivity index (χ4n) is 2.52. The molecule has 24 heavy (non-hydrogen) atoms. The first-order valence-electron chi connectivity index (χ1n) is 7.33. The molecule has 10 heteroatoms. The van der Waals surface area contributed by atoms with Crippen molar-refractivity contribution in [1.29, 1.82) is 0 Å². The van der Waals surface area contributed by atoms with Gasteiger partial charge in [-0.3, -0.25) is 9.59 Å². The maximum Gasteiger partial charge on any atom is 0.425 e. The van der Waals surface area contributed by atoms with E-state index in [2.05, 4.69) is 9.84 Å². The maximum atomic E-state index is 13.0. The van der Waals surface area contributed by atoms with Gasteiger partial charge in [-0.2, -0.15) is 18.3 Å². The Labute approximate surface area is 135 Å². The number of hydrogen-bond acceptors (Lipinski definition) is 6. The topological polar surface area (TPSA) is 90.5 Å². The van der Waals surface area contributed by atoms with E-state index >= 15 is 0 Å². The van der Waals surface area contributed by atoms with Crippen LogP contribution in [0.2, 0.25) is 0 Å². The number of aromatic nitrogens is 2. The van der Waals surface area contributed by atoms with E-state index in [1.165, 1.54) is 7.11 Å². The number of alkyl halides is 3. The number of ether oxygens (including phenoxy) is 3. The highest BCUT2D eigenvalue weighted by molar-refractivity contribution is 5.69. The Kier molecular flexibility index (Phi) is 5.81. The quantitative estimate of drug-likeness (QED) is 0.785. The minimum atomic E-state index is -4.86. The van der Waals surface area contributed by atoms with Crippen LogP contribution in [0, 0.1) is 0 Å². The Hall–Kier alpha value is -2.10. The van der Waals surface area contributed by atoms with Crippen LogP contribution in [0.5, 0.6) is 5.75 Å². The molecule has 0 radical (unpaired) electrons. The van der Waals surface area contributed by atoms with Crippen LogP contribution in [-0.4, -0.2) is 42.1 Å². The molecule has 1 fully saturated rings. The molecule has 2 atom stereocenters. The Morgan fingerprint density at radius 1 is 1.38 bits per heavy atom. The van der Waals surface area contributed by atoms with Crippen LogP contribution >= 0.6 is 0 Å². The summed E-state index contributed by atoms with van der Waals surface area (Å²) >= 11 is 0. The van der Waals surface area contributed by atoms with E-state index < -0.39 is 41.2 Å². The highest BCUT2D eigenvalue weighted by Gasteiger charge is 2.40. The van der Waals surface area contributed by atoms with E-state index in [1.54, 1.807) is 5.10 Å². The molecule has 2 rings (SSSR count). The van der Waals surface area contributed by atoms with Gasteiger partial charge in [-0.15, -0.1) is 0 Å². The third-order valence-corrected chi connectivity index (χ3v) is 3.64. The molecule has 0 saturated heterocycles. The second-order valence-electron chi connectivity index (χ2n) is 5.26. The Morgan fingerprint density at radius 3 is 2.75 bits per heavy atom. The number of carbonyl (C=O) groups is 1. The Balaban J connectivity index is 2.06. The zero-order valence-corrected chi connectivity index (χ0v) is 12.9. The van der Waals surface area contributed by atoms with E-state index in [9.17, 15) is 22.8 Å². The van der Waals surface area contributed by atoms with Gasteiger partial charge in [0.1, 0.15) is 6.10 Å². The van der Waals surface area contributed by atoms with Gasteiger partial charge < -0.3 is 14.2 Å². The van der Waals surface area contributed by atoms with Gasteiger partial charge in [0.05, 0.1) is 32.4 Å². The van der Waals surface area contributed by atoms with Crippen LogP contribution in [0.4, 0.5) is 13.2 Å². The summed E-state index contributed by atoms with van der Waals surface area (Å²) in [6, 6.07) is 0. The first kappa shape index (κ1) is 18.2. The fourth-order valence-corrected chi connectivity index (χ4v) is 2.52. The van der Waals surface area contributed by atoms with E-state index in [0.29, 0.717) is 19.3 Å². The standard InChI is InChI=1S/C14H17F3N2O5/c1-22-11(20)5-6-23-8-3-2-4-9(8)24-10-7-18-19-13(21)12(10)14(15,16)17/h7-9H,2-6H2,1H3,(H,19,21). The van der Waals surface area contributed by atoms with Crippen molar-refractivity contribution in [2.75, 3.05) is 13.7 Å². The van der Waals surface area contributed by atoms with Gasteiger partial charge in [-0.05, 0) is 19.3 Å². The molecule has 0 bridgehead atoms. The second-order valence-corrected chi connectivity index (χ2v) is 5.26. The van der Waals surface area contributed by atoms with E-state index in [0.717, 1.165) is 6.20 Å². The zero-order chi connectivity index (χ0) is 17.7. The van der Waals surface area contributed by atoms with Crippen LogP contribution in [0.3, 0.4) is 0 Å². The summed E-state index contributed by atoms with van der Waals surface area (Å²) in [4.78, 5) is 22.5. The van der Waals surface area contributed by atoms with Crippen molar-refractivity contribution in [3.05, 3.63) is 22.1 Å². The molecule has 1 saturated carbocycles. The van der Waals surface area contributed by atoms with Crippen molar-refractivity contribution in [1.82, 2.24) is 10.2 Å². The number of esters is 1. The molecule has 1 aromatic rings. The van der Waals surface area contributed by atoms with Crippen molar-refractivity contribution in [2.45, 2.75) is 44.1 Å². The lowest BCUT2D eigenvalue weighted by atomic mass is 10.2. The van der Waals surface area contributed by atoms with Gasteiger partial charge in [-0.1, -0.05) is 0 Å². The maximum absolute atomic E-state index is 13.0. The van der Waals surface area contributed by atoms with E-state index in [-0.39, 0.29) is 13.0 Å². The molecule has 0 aromatic carbocycles. The van der Waals surface area contributed by atoms with Crippen LogP contribution in [0.25, 0.3) is 0 Å². The Bertz CT molecular complexity index is 632. The first-order chi connectivity index (χ1) is 11.3. The second kappa shape index (κ2) is 7.65. The molecule has 1 aliphatic carbocycles. The van der Waals surface area contributed by atoms with Crippen LogP contribution in [-0.2, 0) is 20.4 Å². The number of carbonyl (C=O) groups excluding carboxylic acids is 1. The minimum absolute atomic E-state index is 0.0417. The summed E-state index contributed by atoms with van der Waals surface area (Å²) in [7, 11) is 1.25. The van der Waals surface area contributed by atoms with Gasteiger partial charge in [0.15, 0.2) is 11.3 Å². The highest BCUT2D eigenvalue weighted by atomic mass is 19.4. The average molecular weight is 350 g/mol. The van der Waals surface area contributed by atoms with Gasteiger partial charge >= 0.3 is 12.1 Å². The molecule has 1 heterocycles. The van der Waals surface area contributed by atoms with Crippen LogP contribution < -0.4 is 10.3 Å². The van der Waals surface area contributed by atoms with E-state index in [1.807, 2.05) is 0 Å². The van der Waals surface area contributed by atoms with Crippen molar-refractivity contribution >= 4 is 5.97 Å². The molecule has 0 spiro atoms. The first-order valence-corrected chi connectivity index (χ1v) is 7.33. The third-order valence-electron chi connectivity index (χ3n) is 3.64. The summed E-state index contributed by atoms with van der Waals surface area (Å²) in [5.74, 6) is -1.07. The lowest BCUT2D eigenvalue weighted by Gasteiger charge is -2.22. The molecule has 134 valence electrons. The normalized spacial score (nSPS) is 20.8. The number of H-pyrrole nitrogens is 1. The average Bonchev–Trinajstić information content (AvgIpc) is 2.93. The molecule has 0 amide bonds. The predicted octanol–water partition coefficient (Wildman–Crippen LogP) is 1.67. The number of aromatic amines is 1. The number of nitrogens with one attached hydrogen (secondary N) is 1. The number of hydrogen-bond donors (Lipinski definition) is 1. The number of rotatable bonds is 6. The van der Waals surface area contributed by atoms with E-state index in [4.69, 9.17) is 9.47 Å². The van der Waals surface area contributed by atoms with Crippen molar-refractivity contribution in [2.24, 2.45) is 0 Å². The summed E-state index contributed by atoms with van der Waals surface area (Å²) in [6.45, 7) is 0.0803. The molecular formula is C14H17F3N2O5. The van der Waals surface area contributed by atoms with Crippen LogP contribution in [0.1, 0.15) is 31.2 Å². The molecule has 0 aliphatic heterocycles. The largest absolute Gasteiger partial charge is 0.485 e. The molecule has 1 aliphatic rings. The molecule has 2 unspecified atom stereocenters. The summed E-state index contributed by atoms with van der Waals surface area (Å²) < 4.78 is 54.4. The van der Waals surface area contributed by atoms with Crippen molar-refractivity contribution in [3.63, 3.8) is 0 Å². The monoisotopic (exact) mass is 350 g/mol. The fraction of sp³-hybridized carbons (Fsp3) is 0.643. The SMILES string of the molecule is COC(=O)CCOC1CCCC1Oc1cn[nH]c(=O)c1C(F)(F)F. The predicted molar refractivity (Wildman–Crippen MR) is 74.5 cm³/mol. The summed E-state index contributed by atoms with van der Waals surface area (Å²) in [6.07, 6.45) is -3.33. The lowest BCUT2D eigenvalue weighted by molar-refractivity contribution is -0.144. The van der Waals surface area contributed by atoms with Gasteiger partial charge in [0, 0.05) is 0 Å². The molecule has 7 nitrogen and oxygen atoms in total. The minimum Gasteiger partial charge on any atom is -0.485 e.